The molecule has 1 saturated carbocycles. The van der Waals surface area contributed by atoms with Crippen LogP contribution in [0.4, 0.5) is 0 Å². The van der Waals surface area contributed by atoms with Crippen molar-refractivity contribution >= 4 is 9.84 Å². The van der Waals surface area contributed by atoms with Crippen molar-refractivity contribution in [3.63, 3.8) is 0 Å². The van der Waals surface area contributed by atoms with Crippen LogP contribution in [-0.4, -0.2) is 19.2 Å². The summed E-state index contributed by atoms with van der Waals surface area (Å²) in [6, 6.07) is 19.2. The quantitative estimate of drug-likeness (QED) is 0.937. The van der Waals surface area contributed by atoms with E-state index in [0.29, 0.717) is 0 Å². The van der Waals surface area contributed by atoms with Crippen molar-refractivity contribution in [2.75, 3.05) is 0 Å². The average molecular weight is 298 g/mol. The van der Waals surface area contributed by atoms with Crippen LogP contribution >= 0.6 is 0 Å². The largest absolute Gasteiger partial charge is 0.312 e. The van der Waals surface area contributed by atoms with Crippen LogP contribution in [0.25, 0.3) is 0 Å². The van der Waals surface area contributed by atoms with E-state index in [9.17, 15) is 13.7 Å². The molecule has 0 aliphatic heterocycles. The molecule has 3 atom stereocenters. The summed E-state index contributed by atoms with van der Waals surface area (Å²) in [5.74, 6) is -0.492. The monoisotopic (exact) mass is 298 g/mol. The highest BCUT2D eigenvalue weighted by atomic mass is 32.2. The van der Waals surface area contributed by atoms with Crippen molar-refractivity contribution < 1.29 is 8.42 Å². The molecule has 0 spiro atoms. The zero-order valence-corrected chi connectivity index (χ0v) is 12.0. The molecule has 0 bridgehead atoms. The Morgan fingerprint density at radius 2 is 1.52 bits per heavy atom. The summed E-state index contributed by atoms with van der Waals surface area (Å²) in [6.07, 6.45) is 0. The summed E-state index contributed by atoms with van der Waals surface area (Å²) in [4.78, 5) is 0.207. The molecular formula is C16H14N2O2S. The van der Waals surface area contributed by atoms with Gasteiger partial charge in [-0.1, -0.05) is 48.5 Å². The number of nitriles is 1. The molecule has 0 saturated heterocycles. The van der Waals surface area contributed by atoms with E-state index in [1.54, 1.807) is 18.2 Å². The van der Waals surface area contributed by atoms with Gasteiger partial charge in [0.1, 0.15) is 10.8 Å². The fourth-order valence-corrected chi connectivity index (χ4v) is 5.02. The Kier molecular flexibility index (Phi) is 3.08. The molecule has 1 aliphatic rings. The minimum absolute atomic E-state index is 0.207. The van der Waals surface area contributed by atoms with Crippen LogP contribution < -0.4 is 5.73 Å². The number of benzene rings is 2. The zero-order chi connectivity index (χ0) is 15.1. The SMILES string of the molecule is N#C[C@]1(N)[C@@H](c2ccccc2)[C@@H]1S(=O)(=O)c1ccccc1. The third-order valence-electron chi connectivity index (χ3n) is 3.94. The van der Waals surface area contributed by atoms with Gasteiger partial charge in [0.05, 0.1) is 11.0 Å². The fraction of sp³-hybridized carbons (Fsp3) is 0.188. The van der Waals surface area contributed by atoms with Crippen LogP contribution in [0.1, 0.15) is 11.5 Å². The summed E-state index contributed by atoms with van der Waals surface area (Å²) >= 11 is 0. The van der Waals surface area contributed by atoms with Gasteiger partial charge in [0, 0.05) is 5.92 Å². The lowest BCUT2D eigenvalue weighted by Gasteiger charge is -2.04. The smallest absolute Gasteiger partial charge is 0.184 e. The van der Waals surface area contributed by atoms with Crippen LogP contribution in [0.15, 0.2) is 65.6 Å². The van der Waals surface area contributed by atoms with Crippen LogP contribution in [0.2, 0.25) is 0 Å². The average Bonchev–Trinajstić information content (AvgIpc) is 3.17. The summed E-state index contributed by atoms with van der Waals surface area (Å²) < 4.78 is 25.4. The molecule has 106 valence electrons. The number of hydrogen-bond donors (Lipinski definition) is 1. The predicted molar refractivity (Wildman–Crippen MR) is 79.1 cm³/mol. The molecule has 0 aromatic heterocycles. The standard InChI is InChI=1S/C16H14N2O2S/c17-11-16(18)14(12-7-3-1-4-8-12)15(16)21(19,20)13-9-5-2-6-10-13/h1-10,14-15H,18H2/t14-,15-,16-/m0/s1. The van der Waals surface area contributed by atoms with Gasteiger partial charge < -0.3 is 5.73 Å². The molecule has 2 N–H and O–H groups in total. The Labute approximate surface area is 123 Å². The van der Waals surface area contributed by atoms with Gasteiger partial charge in [0.2, 0.25) is 0 Å². The lowest BCUT2D eigenvalue weighted by molar-refractivity contribution is 0.592. The Morgan fingerprint density at radius 1 is 1.00 bits per heavy atom. The predicted octanol–water partition coefficient (Wildman–Crippen LogP) is 1.85. The molecule has 0 unspecified atom stereocenters. The van der Waals surface area contributed by atoms with Crippen molar-refractivity contribution in [3.8, 4) is 6.07 Å². The van der Waals surface area contributed by atoms with E-state index >= 15 is 0 Å². The number of sulfone groups is 1. The van der Waals surface area contributed by atoms with Gasteiger partial charge in [-0.2, -0.15) is 5.26 Å². The molecular weight excluding hydrogens is 284 g/mol. The molecule has 0 radical (unpaired) electrons. The second-order valence-electron chi connectivity index (χ2n) is 5.21. The van der Waals surface area contributed by atoms with Gasteiger partial charge in [-0.25, -0.2) is 8.42 Å². The van der Waals surface area contributed by atoms with Crippen molar-refractivity contribution in [2.24, 2.45) is 5.73 Å². The topological polar surface area (TPSA) is 83.9 Å². The van der Waals surface area contributed by atoms with Crippen molar-refractivity contribution in [2.45, 2.75) is 21.6 Å². The summed E-state index contributed by atoms with van der Waals surface area (Å²) in [7, 11) is -3.63. The zero-order valence-electron chi connectivity index (χ0n) is 11.2. The third kappa shape index (κ3) is 2.04. The molecule has 1 fully saturated rings. The molecule has 21 heavy (non-hydrogen) atoms. The van der Waals surface area contributed by atoms with E-state index in [1.807, 2.05) is 36.4 Å². The first-order valence-electron chi connectivity index (χ1n) is 6.56. The highest BCUT2D eigenvalue weighted by Gasteiger charge is 2.70. The van der Waals surface area contributed by atoms with Crippen LogP contribution in [0, 0.1) is 11.3 Å². The Hall–Kier alpha value is -2.16. The molecule has 0 amide bonds. The molecule has 5 heteroatoms. The van der Waals surface area contributed by atoms with Gasteiger partial charge in [0.15, 0.2) is 9.84 Å². The van der Waals surface area contributed by atoms with E-state index in [2.05, 4.69) is 0 Å². The minimum atomic E-state index is -3.63. The van der Waals surface area contributed by atoms with Crippen molar-refractivity contribution in [3.05, 3.63) is 66.2 Å². The number of nitrogens with zero attached hydrogens (tertiary/aromatic N) is 1. The van der Waals surface area contributed by atoms with E-state index in [-0.39, 0.29) is 4.90 Å². The molecule has 0 heterocycles. The van der Waals surface area contributed by atoms with Gasteiger partial charge in [-0.3, -0.25) is 0 Å². The van der Waals surface area contributed by atoms with Crippen molar-refractivity contribution in [1.82, 2.24) is 0 Å². The van der Waals surface area contributed by atoms with Gasteiger partial charge >= 0.3 is 0 Å². The second-order valence-corrected chi connectivity index (χ2v) is 7.28. The van der Waals surface area contributed by atoms with Crippen LogP contribution in [0.5, 0.6) is 0 Å². The van der Waals surface area contributed by atoms with Crippen molar-refractivity contribution in [1.29, 1.82) is 5.26 Å². The van der Waals surface area contributed by atoms with Gasteiger partial charge in [-0.15, -0.1) is 0 Å². The first kappa shape index (κ1) is 13.8. The highest BCUT2D eigenvalue weighted by Crippen LogP contribution is 2.55. The maximum absolute atomic E-state index is 12.7. The summed E-state index contributed by atoms with van der Waals surface area (Å²) in [6.45, 7) is 0. The molecule has 3 rings (SSSR count). The Balaban J connectivity index is 2.05. The lowest BCUT2D eigenvalue weighted by atomic mass is 10.1. The summed E-state index contributed by atoms with van der Waals surface area (Å²) in [5, 5.41) is 8.44. The fourth-order valence-electron chi connectivity index (χ4n) is 2.81. The first-order chi connectivity index (χ1) is 10.0. The molecule has 4 nitrogen and oxygen atoms in total. The molecule has 2 aromatic rings. The van der Waals surface area contributed by atoms with E-state index in [4.69, 9.17) is 5.73 Å². The van der Waals surface area contributed by atoms with Crippen LogP contribution in [0.3, 0.4) is 0 Å². The minimum Gasteiger partial charge on any atom is -0.312 e. The maximum atomic E-state index is 12.7. The second kappa shape index (κ2) is 4.69. The van der Waals surface area contributed by atoms with E-state index in [0.717, 1.165) is 5.56 Å². The van der Waals surface area contributed by atoms with E-state index in [1.165, 1.54) is 12.1 Å². The molecule has 1 aliphatic carbocycles. The van der Waals surface area contributed by atoms with Gasteiger partial charge in [0.25, 0.3) is 0 Å². The lowest BCUT2D eigenvalue weighted by Crippen LogP contribution is -2.29. The normalized spacial score (nSPS) is 27.8. The maximum Gasteiger partial charge on any atom is 0.184 e. The first-order valence-corrected chi connectivity index (χ1v) is 8.10. The highest BCUT2D eigenvalue weighted by molar-refractivity contribution is 7.92. The number of hydrogen-bond acceptors (Lipinski definition) is 4. The molecule has 2 aromatic carbocycles. The van der Waals surface area contributed by atoms with Crippen LogP contribution in [-0.2, 0) is 9.84 Å². The number of rotatable bonds is 3. The summed E-state index contributed by atoms with van der Waals surface area (Å²) in [5.41, 5.74) is 5.47. The Morgan fingerprint density at radius 3 is 2.05 bits per heavy atom. The Bertz CT molecular complexity index is 797. The number of nitrogens with two attached hydrogens (primary N) is 1. The van der Waals surface area contributed by atoms with E-state index < -0.39 is 26.5 Å². The van der Waals surface area contributed by atoms with Gasteiger partial charge in [-0.05, 0) is 17.7 Å². The third-order valence-corrected chi connectivity index (χ3v) is 6.20.